The molecule has 0 saturated carbocycles. The molecule has 0 aromatic carbocycles. The molecule has 0 radical (unpaired) electrons. The highest BCUT2D eigenvalue weighted by Gasteiger charge is 2.20. The maximum absolute atomic E-state index is 5.81. The van der Waals surface area contributed by atoms with Crippen molar-refractivity contribution in [2.24, 2.45) is 4.99 Å². The van der Waals surface area contributed by atoms with Crippen LogP contribution in [0.1, 0.15) is 6.92 Å². The first-order chi connectivity index (χ1) is 3.72. The summed E-state index contributed by atoms with van der Waals surface area (Å²) < 4.78 is 0. The number of likely N-dealkylation sites (N-methyl/N-ethyl adjacent to an activating group) is 1. The van der Waals surface area contributed by atoms with E-state index in [9.17, 15) is 0 Å². The van der Waals surface area contributed by atoms with E-state index in [-0.39, 0.29) is 11.5 Å². The molecule has 0 bridgehead atoms. The summed E-state index contributed by atoms with van der Waals surface area (Å²) in [6, 6.07) is 0.252. The Morgan fingerprint density at radius 3 is 2.50 bits per heavy atom. The van der Waals surface area contributed by atoms with Gasteiger partial charge in [0.05, 0.1) is 12.4 Å². The zero-order valence-electron chi connectivity index (χ0n) is 5.00. The smallest absolute Gasteiger partial charge is 0.127 e. The largest absolute Gasteiger partial charge is 0.348 e. The minimum Gasteiger partial charge on any atom is -0.348 e. The quantitative estimate of drug-likeness (QED) is 0.354. The van der Waals surface area contributed by atoms with Crippen molar-refractivity contribution >= 4 is 17.9 Å². The second kappa shape index (κ2) is 1.94. The number of alkyl halides is 1. The first-order valence-electron chi connectivity index (χ1n) is 2.61. The number of rotatable bonds is 0. The molecule has 46 valence electrons. The van der Waals surface area contributed by atoms with Crippen LogP contribution in [0.15, 0.2) is 4.99 Å². The van der Waals surface area contributed by atoms with Crippen molar-refractivity contribution in [1.29, 1.82) is 0 Å². The summed E-state index contributed by atoms with van der Waals surface area (Å²) in [5.41, 5.74) is 0.0648. The van der Waals surface area contributed by atoms with E-state index in [1.54, 1.807) is 6.34 Å². The van der Waals surface area contributed by atoms with Crippen LogP contribution in [0.25, 0.3) is 0 Å². The van der Waals surface area contributed by atoms with Crippen molar-refractivity contribution in [1.82, 2.24) is 4.90 Å². The molecule has 2 nitrogen and oxygen atoms in total. The standard InChI is InChI=1S/C5H9ClN2/c1-4-5(6)8(2)3-7-4/h3-5H,1-2H3. The third-order valence-electron chi connectivity index (χ3n) is 1.27. The van der Waals surface area contributed by atoms with Crippen LogP contribution in [0.5, 0.6) is 0 Å². The van der Waals surface area contributed by atoms with Gasteiger partial charge in [0.1, 0.15) is 5.50 Å². The van der Waals surface area contributed by atoms with E-state index in [2.05, 4.69) is 4.99 Å². The van der Waals surface area contributed by atoms with Gasteiger partial charge in [0.15, 0.2) is 0 Å². The van der Waals surface area contributed by atoms with Crippen LogP contribution in [0.2, 0.25) is 0 Å². The summed E-state index contributed by atoms with van der Waals surface area (Å²) in [7, 11) is 1.92. The van der Waals surface area contributed by atoms with Crippen molar-refractivity contribution in [3.05, 3.63) is 0 Å². The van der Waals surface area contributed by atoms with Crippen molar-refractivity contribution in [3.8, 4) is 0 Å². The van der Waals surface area contributed by atoms with Gasteiger partial charge in [-0.05, 0) is 6.92 Å². The number of aliphatic imine (C=N–C) groups is 1. The molecule has 1 aliphatic rings. The molecule has 2 unspecified atom stereocenters. The molecule has 2 atom stereocenters. The van der Waals surface area contributed by atoms with Crippen LogP contribution in [0, 0.1) is 0 Å². The zero-order chi connectivity index (χ0) is 6.15. The number of nitrogens with zero attached hydrogens (tertiary/aromatic N) is 2. The lowest BCUT2D eigenvalue weighted by Gasteiger charge is -2.13. The summed E-state index contributed by atoms with van der Waals surface area (Å²) in [4.78, 5) is 5.96. The second-order valence-electron chi connectivity index (χ2n) is 2.04. The van der Waals surface area contributed by atoms with E-state index in [0.717, 1.165) is 0 Å². The van der Waals surface area contributed by atoms with Crippen LogP contribution in [0.3, 0.4) is 0 Å². The van der Waals surface area contributed by atoms with Crippen LogP contribution in [-0.4, -0.2) is 29.8 Å². The second-order valence-corrected chi connectivity index (χ2v) is 2.49. The van der Waals surface area contributed by atoms with Crippen LogP contribution in [0.4, 0.5) is 0 Å². The molecule has 0 fully saturated rings. The van der Waals surface area contributed by atoms with Crippen molar-refractivity contribution in [2.45, 2.75) is 18.5 Å². The zero-order valence-corrected chi connectivity index (χ0v) is 5.76. The van der Waals surface area contributed by atoms with E-state index in [4.69, 9.17) is 11.6 Å². The molecular formula is C5H9ClN2. The van der Waals surface area contributed by atoms with E-state index in [1.807, 2.05) is 18.9 Å². The minimum atomic E-state index is 0.0648. The van der Waals surface area contributed by atoms with Crippen LogP contribution < -0.4 is 0 Å². The van der Waals surface area contributed by atoms with E-state index < -0.39 is 0 Å². The Balaban J connectivity index is 2.55. The summed E-state index contributed by atoms with van der Waals surface area (Å²) in [6.07, 6.45) is 1.77. The monoisotopic (exact) mass is 132 g/mol. The predicted molar refractivity (Wildman–Crippen MR) is 35.4 cm³/mol. The summed E-state index contributed by atoms with van der Waals surface area (Å²) in [6.45, 7) is 2.00. The maximum atomic E-state index is 5.81. The predicted octanol–water partition coefficient (Wildman–Crippen LogP) is 0.913. The summed E-state index contributed by atoms with van der Waals surface area (Å²) in [5, 5.41) is 0. The third-order valence-corrected chi connectivity index (χ3v) is 1.94. The van der Waals surface area contributed by atoms with Gasteiger partial charge in [0, 0.05) is 7.05 Å². The average molecular weight is 133 g/mol. The molecule has 0 amide bonds. The first kappa shape index (κ1) is 5.89. The maximum Gasteiger partial charge on any atom is 0.127 e. The Morgan fingerprint density at radius 2 is 2.38 bits per heavy atom. The van der Waals surface area contributed by atoms with Crippen molar-refractivity contribution < 1.29 is 0 Å². The summed E-state index contributed by atoms with van der Waals surface area (Å²) >= 11 is 5.81. The Labute approximate surface area is 54.2 Å². The third kappa shape index (κ3) is 0.802. The van der Waals surface area contributed by atoms with E-state index >= 15 is 0 Å². The van der Waals surface area contributed by atoms with E-state index in [1.165, 1.54) is 0 Å². The molecule has 0 spiro atoms. The fourth-order valence-electron chi connectivity index (χ4n) is 0.685. The van der Waals surface area contributed by atoms with Gasteiger partial charge in [-0.2, -0.15) is 0 Å². The molecule has 0 aliphatic carbocycles. The van der Waals surface area contributed by atoms with Gasteiger partial charge < -0.3 is 4.90 Å². The van der Waals surface area contributed by atoms with Gasteiger partial charge in [-0.3, -0.25) is 4.99 Å². The highest BCUT2D eigenvalue weighted by atomic mass is 35.5. The lowest BCUT2D eigenvalue weighted by atomic mass is 10.4. The number of hydrogen-bond donors (Lipinski definition) is 0. The lowest BCUT2D eigenvalue weighted by Crippen LogP contribution is -2.25. The Kier molecular flexibility index (Phi) is 1.43. The Hall–Kier alpha value is -0.240. The van der Waals surface area contributed by atoms with Crippen molar-refractivity contribution in [3.63, 3.8) is 0 Å². The first-order valence-corrected chi connectivity index (χ1v) is 3.05. The highest BCUT2D eigenvalue weighted by molar-refractivity contribution is 6.21. The Bertz CT molecular complexity index is 101. The van der Waals surface area contributed by atoms with Gasteiger partial charge in [0.2, 0.25) is 0 Å². The molecule has 1 heterocycles. The molecule has 0 aromatic heterocycles. The fraction of sp³-hybridized carbons (Fsp3) is 0.800. The average Bonchev–Trinajstić information content (AvgIpc) is 1.98. The molecule has 0 saturated heterocycles. The van der Waals surface area contributed by atoms with Gasteiger partial charge in [0.25, 0.3) is 0 Å². The molecular weight excluding hydrogens is 124 g/mol. The molecule has 0 aromatic rings. The SMILES string of the molecule is CC1N=CN(C)C1Cl. The van der Waals surface area contributed by atoms with E-state index in [0.29, 0.717) is 0 Å². The molecule has 0 N–H and O–H groups in total. The van der Waals surface area contributed by atoms with Gasteiger partial charge in [-0.15, -0.1) is 0 Å². The van der Waals surface area contributed by atoms with Crippen molar-refractivity contribution in [2.75, 3.05) is 7.05 Å². The van der Waals surface area contributed by atoms with Gasteiger partial charge >= 0.3 is 0 Å². The van der Waals surface area contributed by atoms with Gasteiger partial charge in [-0.1, -0.05) is 11.6 Å². The lowest BCUT2D eigenvalue weighted by molar-refractivity contribution is 0.473. The molecule has 1 aliphatic heterocycles. The number of halogens is 1. The molecule has 3 heteroatoms. The molecule has 8 heavy (non-hydrogen) atoms. The van der Waals surface area contributed by atoms with Gasteiger partial charge in [-0.25, -0.2) is 0 Å². The highest BCUT2D eigenvalue weighted by Crippen LogP contribution is 2.13. The molecule has 1 rings (SSSR count). The van der Waals surface area contributed by atoms with Crippen LogP contribution in [-0.2, 0) is 0 Å². The number of hydrogen-bond acceptors (Lipinski definition) is 2. The summed E-state index contributed by atoms with van der Waals surface area (Å²) in [5.74, 6) is 0. The normalized spacial score (nSPS) is 36.6. The Morgan fingerprint density at radius 1 is 1.75 bits per heavy atom. The fourth-order valence-corrected chi connectivity index (χ4v) is 0.801. The van der Waals surface area contributed by atoms with Crippen LogP contribution >= 0.6 is 11.6 Å². The minimum absolute atomic E-state index is 0.0648. The topological polar surface area (TPSA) is 15.6 Å².